The average molecular weight is 426 g/mol. The number of carbonyl (C=O) groups is 1. The summed E-state index contributed by atoms with van der Waals surface area (Å²) in [5.74, 6) is -0.970. The van der Waals surface area contributed by atoms with Gasteiger partial charge in [-0.2, -0.15) is 0 Å². The molecule has 1 amide bonds. The van der Waals surface area contributed by atoms with Crippen molar-refractivity contribution in [2.75, 3.05) is 39.3 Å². The molecule has 0 spiro atoms. The molecule has 2 aliphatic rings. The van der Waals surface area contributed by atoms with Crippen molar-refractivity contribution in [1.82, 2.24) is 14.5 Å². The van der Waals surface area contributed by atoms with Crippen molar-refractivity contribution in [3.63, 3.8) is 0 Å². The molecule has 1 aromatic rings. The number of likely N-dealkylation sites (tertiary alicyclic amines) is 1. The van der Waals surface area contributed by atoms with Crippen LogP contribution in [0.3, 0.4) is 0 Å². The van der Waals surface area contributed by atoms with Crippen molar-refractivity contribution in [3.8, 4) is 0 Å². The maximum Gasteiger partial charge on any atom is 0.223 e. The molecule has 0 bridgehead atoms. The van der Waals surface area contributed by atoms with Crippen LogP contribution in [0.2, 0.25) is 0 Å². The zero-order valence-corrected chi connectivity index (χ0v) is 17.8. The average Bonchev–Trinajstić information content (AvgIpc) is 2.73. The quantitative estimate of drug-likeness (QED) is 0.649. The molecule has 0 radical (unpaired) electrons. The monoisotopic (exact) mass is 425 g/mol. The van der Waals surface area contributed by atoms with Crippen LogP contribution in [0, 0.1) is 11.7 Å². The molecule has 0 aromatic heterocycles. The fourth-order valence-corrected chi connectivity index (χ4v) is 5.72. The van der Waals surface area contributed by atoms with Crippen molar-refractivity contribution < 1.29 is 17.6 Å². The second kappa shape index (κ2) is 10.5. The van der Waals surface area contributed by atoms with Gasteiger partial charge in [-0.05, 0) is 57.8 Å². The molecule has 162 valence electrons. The van der Waals surface area contributed by atoms with E-state index in [4.69, 9.17) is 0 Å². The predicted octanol–water partition coefficient (Wildman–Crippen LogP) is 2.36. The van der Waals surface area contributed by atoms with Gasteiger partial charge in [0.15, 0.2) is 0 Å². The smallest absolute Gasteiger partial charge is 0.223 e. The van der Waals surface area contributed by atoms with E-state index in [0.717, 1.165) is 26.1 Å². The fourth-order valence-electron chi connectivity index (χ4n) is 4.14. The third kappa shape index (κ3) is 6.49. The maximum atomic E-state index is 13.8. The molecule has 0 saturated carbocycles. The molecular formula is C21H32FN3O3S. The van der Waals surface area contributed by atoms with Gasteiger partial charge < -0.3 is 10.2 Å². The highest BCUT2D eigenvalue weighted by atomic mass is 32.2. The summed E-state index contributed by atoms with van der Waals surface area (Å²) in [5.41, 5.74) is 0.182. The molecule has 1 aromatic carbocycles. The summed E-state index contributed by atoms with van der Waals surface area (Å²) in [6.07, 6.45) is 5.82. The zero-order valence-electron chi connectivity index (χ0n) is 17.0. The van der Waals surface area contributed by atoms with E-state index in [1.165, 1.54) is 35.7 Å². The van der Waals surface area contributed by atoms with Gasteiger partial charge in [-0.25, -0.2) is 17.1 Å². The SMILES string of the molecule is O=C(NCCCN1CCCCC1)C1CCN(S(=O)(=O)Cc2ccccc2F)CC1. The van der Waals surface area contributed by atoms with E-state index in [2.05, 4.69) is 10.2 Å². The Morgan fingerprint density at radius 1 is 1.07 bits per heavy atom. The lowest BCUT2D eigenvalue weighted by Gasteiger charge is -2.30. The second-order valence-electron chi connectivity index (χ2n) is 8.07. The summed E-state index contributed by atoms with van der Waals surface area (Å²) < 4.78 is 40.4. The molecule has 2 saturated heterocycles. The minimum absolute atomic E-state index is 0.0230. The summed E-state index contributed by atoms with van der Waals surface area (Å²) >= 11 is 0. The van der Waals surface area contributed by atoms with Gasteiger partial charge in [0.1, 0.15) is 5.82 Å². The van der Waals surface area contributed by atoms with Crippen molar-refractivity contribution >= 4 is 15.9 Å². The Bertz CT molecular complexity index is 773. The Hall–Kier alpha value is -1.51. The Kier molecular flexibility index (Phi) is 8.03. The summed E-state index contributed by atoms with van der Waals surface area (Å²) in [5, 5.41) is 3.01. The molecule has 1 N–H and O–H groups in total. The summed E-state index contributed by atoms with van der Waals surface area (Å²) in [6, 6.07) is 5.95. The molecule has 2 fully saturated rings. The van der Waals surface area contributed by atoms with Crippen molar-refractivity contribution in [1.29, 1.82) is 0 Å². The van der Waals surface area contributed by atoms with Crippen molar-refractivity contribution in [2.45, 2.75) is 44.3 Å². The van der Waals surface area contributed by atoms with Crippen LogP contribution >= 0.6 is 0 Å². The number of hydrogen-bond acceptors (Lipinski definition) is 4. The number of nitrogens with zero attached hydrogens (tertiary/aromatic N) is 2. The topological polar surface area (TPSA) is 69.7 Å². The van der Waals surface area contributed by atoms with Gasteiger partial charge in [-0.15, -0.1) is 0 Å². The van der Waals surface area contributed by atoms with Gasteiger partial charge >= 0.3 is 0 Å². The molecule has 6 nitrogen and oxygen atoms in total. The van der Waals surface area contributed by atoms with Gasteiger partial charge in [0.25, 0.3) is 0 Å². The number of carbonyl (C=O) groups excluding carboxylic acids is 1. The lowest BCUT2D eigenvalue weighted by molar-refractivity contribution is -0.126. The molecule has 2 heterocycles. The molecule has 8 heteroatoms. The van der Waals surface area contributed by atoms with Crippen LogP contribution in [0.15, 0.2) is 24.3 Å². The molecule has 0 unspecified atom stereocenters. The van der Waals surface area contributed by atoms with Crippen LogP contribution < -0.4 is 5.32 Å². The number of sulfonamides is 1. The largest absolute Gasteiger partial charge is 0.356 e. The fraction of sp³-hybridized carbons (Fsp3) is 0.667. The molecular weight excluding hydrogens is 393 g/mol. The first-order chi connectivity index (χ1) is 14.0. The van der Waals surface area contributed by atoms with Crippen LogP contribution in [0.1, 0.15) is 44.1 Å². The highest BCUT2D eigenvalue weighted by molar-refractivity contribution is 7.88. The van der Waals surface area contributed by atoms with Gasteiger partial charge in [0.2, 0.25) is 15.9 Å². The molecule has 2 aliphatic heterocycles. The van der Waals surface area contributed by atoms with Gasteiger partial charge in [-0.3, -0.25) is 4.79 Å². The number of halogens is 1. The Morgan fingerprint density at radius 2 is 1.76 bits per heavy atom. The summed E-state index contributed by atoms with van der Waals surface area (Å²) in [6.45, 7) is 4.63. The first kappa shape index (κ1) is 22.2. The Morgan fingerprint density at radius 3 is 2.45 bits per heavy atom. The lowest BCUT2D eigenvalue weighted by atomic mass is 9.97. The van der Waals surface area contributed by atoms with E-state index in [1.807, 2.05) is 0 Å². The van der Waals surface area contributed by atoms with E-state index in [9.17, 15) is 17.6 Å². The lowest BCUT2D eigenvalue weighted by Crippen LogP contribution is -2.43. The standard InChI is InChI=1S/C21H32FN3O3S/c22-20-8-3-2-7-19(20)17-29(27,28)25-15-9-18(10-16-25)21(26)23-11-6-14-24-12-4-1-5-13-24/h2-3,7-8,18H,1,4-6,9-17H2,(H,23,26). The Labute approximate surface area is 173 Å². The maximum absolute atomic E-state index is 13.8. The van der Waals surface area contributed by atoms with Crippen LogP contribution in [-0.2, 0) is 20.6 Å². The molecule has 0 aliphatic carbocycles. The van der Waals surface area contributed by atoms with Gasteiger partial charge in [0, 0.05) is 31.1 Å². The molecule has 3 rings (SSSR count). The minimum atomic E-state index is -3.59. The van der Waals surface area contributed by atoms with E-state index in [1.54, 1.807) is 12.1 Å². The first-order valence-electron chi connectivity index (χ1n) is 10.7. The van der Waals surface area contributed by atoms with Gasteiger partial charge in [0.05, 0.1) is 5.75 Å². The summed E-state index contributed by atoms with van der Waals surface area (Å²) in [4.78, 5) is 14.9. The predicted molar refractivity (Wildman–Crippen MR) is 111 cm³/mol. The van der Waals surface area contributed by atoms with Crippen LogP contribution in [0.25, 0.3) is 0 Å². The van der Waals surface area contributed by atoms with E-state index in [-0.39, 0.29) is 23.1 Å². The van der Waals surface area contributed by atoms with Crippen molar-refractivity contribution in [2.24, 2.45) is 5.92 Å². The third-order valence-electron chi connectivity index (χ3n) is 5.91. The third-order valence-corrected chi connectivity index (χ3v) is 7.74. The van der Waals surface area contributed by atoms with E-state index < -0.39 is 15.8 Å². The van der Waals surface area contributed by atoms with Crippen LogP contribution in [-0.4, -0.2) is 62.8 Å². The number of nitrogens with one attached hydrogen (secondary N) is 1. The second-order valence-corrected chi connectivity index (χ2v) is 10.0. The van der Waals surface area contributed by atoms with Gasteiger partial charge in [-0.1, -0.05) is 24.6 Å². The number of rotatable bonds is 8. The summed E-state index contributed by atoms with van der Waals surface area (Å²) in [7, 11) is -3.59. The first-order valence-corrected chi connectivity index (χ1v) is 12.3. The highest BCUT2D eigenvalue weighted by Gasteiger charge is 2.31. The number of piperidine rings is 2. The number of benzene rings is 1. The zero-order chi connectivity index (χ0) is 20.7. The van der Waals surface area contributed by atoms with E-state index >= 15 is 0 Å². The molecule has 0 atom stereocenters. The van der Waals surface area contributed by atoms with Crippen LogP contribution in [0.5, 0.6) is 0 Å². The highest BCUT2D eigenvalue weighted by Crippen LogP contribution is 2.22. The molecule has 29 heavy (non-hydrogen) atoms. The minimum Gasteiger partial charge on any atom is -0.356 e. The van der Waals surface area contributed by atoms with Crippen molar-refractivity contribution in [3.05, 3.63) is 35.6 Å². The van der Waals surface area contributed by atoms with Crippen LogP contribution in [0.4, 0.5) is 4.39 Å². The Balaban J connectivity index is 1.38. The number of hydrogen-bond donors (Lipinski definition) is 1. The van der Waals surface area contributed by atoms with E-state index in [0.29, 0.717) is 32.5 Å². The normalized spacial score (nSPS) is 19.9. The number of amides is 1.